The van der Waals surface area contributed by atoms with E-state index in [1.54, 1.807) is 19.1 Å². The molecule has 0 heterocycles. The van der Waals surface area contributed by atoms with Crippen molar-refractivity contribution in [2.24, 2.45) is 0 Å². The van der Waals surface area contributed by atoms with E-state index in [2.05, 4.69) is 0 Å². The first-order chi connectivity index (χ1) is 8.41. The third kappa shape index (κ3) is 4.29. The highest BCUT2D eigenvalue weighted by Gasteiger charge is 2.16. The number of nitro benzene ring substituents is 1. The van der Waals surface area contributed by atoms with E-state index in [0.29, 0.717) is 10.5 Å². The molecule has 6 heteroatoms. The van der Waals surface area contributed by atoms with Gasteiger partial charge in [-0.1, -0.05) is 6.07 Å². The van der Waals surface area contributed by atoms with Crippen LogP contribution in [0.15, 0.2) is 23.1 Å². The molecule has 0 bridgehead atoms. The van der Waals surface area contributed by atoms with Crippen molar-refractivity contribution in [1.29, 1.82) is 0 Å². The zero-order valence-corrected chi connectivity index (χ0v) is 11.6. The zero-order valence-electron chi connectivity index (χ0n) is 10.8. The van der Waals surface area contributed by atoms with Crippen molar-refractivity contribution in [3.63, 3.8) is 0 Å². The second kappa shape index (κ2) is 6.72. The summed E-state index contributed by atoms with van der Waals surface area (Å²) in [6, 6.07) is 4.89. The van der Waals surface area contributed by atoms with Crippen LogP contribution in [0.3, 0.4) is 0 Å². The van der Waals surface area contributed by atoms with Crippen LogP contribution < -0.4 is 0 Å². The van der Waals surface area contributed by atoms with Gasteiger partial charge in [-0.3, -0.25) is 10.1 Å². The first-order valence-electron chi connectivity index (χ1n) is 5.65. The summed E-state index contributed by atoms with van der Waals surface area (Å²) in [4.78, 5) is 13.3. The summed E-state index contributed by atoms with van der Waals surface area (Å²) in [5.74, 6) is 0.794. The van der Waals surface area contributed by atoms with Crippen molar-refractivity contribution in [2.45, 2.75) is 17.9 Å². The lowest BCUT2D eigenvalue weighted by atomic mass is 10.1. The van der Waals surface area contributed by atoms with Crippen LogP contribution in [0.5, 0.6) is 0 Å². The summed E-state index contributed by atoms with van der Waals surface area (Å²) in [5.41, 5.74) is 0.635. The molecule has 1 rings (SSSR count). The predicted octanol–water partition coefficient (Wildman–Crippen LogP) is 2.30. The number of aliphatic hydroxyl groups excluding tert-OH is 1. The van der Waals surface area contributed by atoms with Crippen LogP contribution in [0, 0.1) is 10.1 Å². The average Bonchev–Trinajstić information content (AvgIpc) is 2.28. The van der Waals surface area contributed by atoms with Gasteiger partial charge in [0.2, 0.25) is 0 Å². The lowest BCUT2D eigenvalue weighted by Gasteiger charge is -2.10. The molecule has 0 fully saturated rings. The van der Waals surface area contributed by atoms with Crippen LogP contribution in [-0.2, 0) is 0 Å². The van der Waals surface area contributed by atoms with E-state index in [-0.39, 0.29) is 5.69 Å². The Morgan fingerprint density at radius 3 is 2.67 bits per heavy atom. The van der Waals surface area contributed by atoms with E-state index < -0.39 is 11.0 Å². The predicted molar refractivity (Wildman–Crippen MR) is 73.0 cm³/mol. The molecule has 0 saturated heterocycles. The lowest BCUT2D eigenvalue weighted by Crippen LogP contribution is -2.14. The summed E-state index contributed by atoms with van der Waals surface area (Å²) in [6.07, 6.45) is -0.690. The smallest absolute Gasteiger partial charge is 0.283 e. The molecule has 0 aromatic heterocycles. The normalized spacial score (nSPS) is 12.7. The first kappa shape index (κ1) is 14.9. The van der Waals surface area contributed by atoms with Crippen LogP contribution in [0.2, 0.25) is 0 Å². The molecule has 0 aliphatic rings. The van der Waals surface area contributed by atoms with Crippen molar-refractivity contribution in [2.75, 3.05) is 26.4 Å². The molecular formula is C12H18N2O3S. The molecule has 0 saturated carbocycles. The summed E-state index contributed by atoms with van der Waals surface area (Å²) < 4.78 is 0. The van der Waals surface area contributed by atoms with Crippen molar-refractivity contribution in [3.8, 4) is 0 Å². The summed E-state index contributed by atoms with van der Waals surface area (Å²) in [5, 5.41) is 20.4. The van der Waals surface area contributed by atoms with Gasteiger partial charge in [0.25, 0.3) is 5.69 Å². The number of hydrogen-bond donors (Lipinski definition) is 1. The fraction of sp³-hybridized carbons (Fsp3) is 0.500. The number of benzene rings is 1. The van der Waals surface area contributed by atoms with Crippen molar-refractivity contribution in [3.05, 3.63) is 33.9 Å². The van der Waals surface area contributed by atoms with E-state index in [4.69, 9.17) is 0 Å². The van der Waals surface area contributed by atoms with E-state index in [9.17, 15) is 15.2 Å². The van der Waals surface area contributed by atoms with Gasteiger partial charge < -0.3 is 10.0 Å². The highest BCUT2D eigenvalue weighted by Crippen LogP contribution is 2.31. The van der Waals surface area contributed by atoms with E-state index in [0.717, 1.165) is 12.3 Å². The largest absolute Gasteiger partial charge is 0.389 e. The number of nitro groups is 1. The second-order valence-electron chi connectivity index (χ2n) is 4.31. The fourth-order valence-electron chi connectivity index (χ4n) is 1.40. The van der Waals surface area contributed by atoms with Crippen LogP contribution >= 0.6 is 11.8 Å². The number of hydrogen-bond acceptors (Lipinski definition) is 5. The number of thioether (sulfide) groups is 1. The Balaban J connectivity index is 2.87. The molecule has 1 atom stereocenters. The van der Waals surface area contributed by atoms with Crippen molar-refractivity contribution in [1.82, 2.24) is 4.90 Å². The molecule has 18 heavy (non-hydrogen) atoms. The monoisotopic (exact) mass is 270 g/mol. The Morgan fingerprint density at radius 2 is 2.17 bits per heavy atom. The average molecular weight is 270 g/mol. The van der Waals surface area contributed by atoms with Gasteiger partial charge in [0.05, 0.1) is 15.9 Å². The van der Waals surface area contributed by atoms with Crippen LogP contribution in [0.1, 0.15) is 18.6 Å². The molecule has 1 aromatic rings. The summed E-state index contributed by atoms with van der Waals surface area (Å²) >= 11 is 1.46. The number of nitrogens with zero attached hydrogens (tertiary/aromatic N) is 2. The maximum absolute atomic E-state index is 11.0. The van der Waals surface area contributed by atoms with Crippen molar-refractivity contribution >= 4 is 17.4 Å². The topological polar surface area (TPSA) is 66.6 Å². The third-order valence-electron chi connectivity index (χ3n) is 2.46. The quantitative estimate of drug-likeness (QED) is 0.488. The van der Waals surface area contributed by atoms with E-state index in [1.165, 1.54) is 17.8 Å². The maximum Gasteiger partial charge on any atom is 0.283 e. The minimum Gasteiger partial charge on any atom is -0.389 e. The molecule has 5 nitrogen and oxygen atoms in total. The third-order valence-corrected chi connectivity index (χ3v) is 3.50. The van der Waals surface area contributed by atoms with Crippen molar-refractivity contribution < 1.29 is 10.0 Å². The standard InChI is InChI=1S/C12H18N2O3S/c1-9(15)10-4-5-12(11(8-10)14(16)17)18-7-6-13(2)3/h4-5,8-9,15H,6-7H2,1-3H3. The highest BCUT2D eigenvalue weighted by molar-refractivity contribution is 7.99. The molecule has 100 valence electrons. The number of rotatable bonds is 6. The molecule has 1 unspecified atom stereocenters. The minimum atomic E-state index is -0.690. The van der Waals surface area contributed by atoms with Gasteiger partial charge >= 0.3 is 0 Å². The van der Waals surface area contributed by atoms with E-state index in [1.807, 2.05) is 19.0 Å². The minimum absolute atomic E-state index is 0.0668. The maximum atomic E-state index is 11.0. The molecule has 0 amide bonds. The number of aliphatic hydroxyl groups is 1. The van der Waals surface area contributed by atoms with Crippen LogP contribution in [0.25, 0.3) is 0 Å². The Labute approximate surface area is 111 Å². The Kier molecular flexibility index (Phi) is 5.58. The SMILES string of the molecule is CC(O)c1ccc(SCCN(C)C)c([N+](=O)[O-])c1. The molecule has 0 spiro atoms. The van der Waals surface area contributed by atoms with Gasteiger partial charge in [-0.2, -0.15) is 0 Å². The van der Waals surface area contributed by atoms with Gasteiger partial charge in [0, 0.05) is 18.4 Å². The van der Waals surface area contributed by atoms with Crippen LogP contribution in [0.4, 0.5) is 5.69 Å². The Morgan fingerprint density at radius 1 is 1.50 bits per heavy atom. The zero-order chi connectivity index (χ0) is 13.7. The molecule has 1 aromatic carbocycles. The van der Waals surface area contributed by atoms with Crippen LogP contribution in [-0.4, -0.2) is 41.3 Å². The molecule has 1 N–H and O–H groups in total. The van der Waals surface area contributed by atoms with Gasteiger partial charge in [-0.25, -0.2) is 0 Å². The second-order valence-corrected chi connectivity index (χ2v) is 5.45. The van der Waals surface area contributed by atoms with E-state index >= 15 is 0 Å². The summed E-state index contributed by atoms with van der Waals surface area (Å²) in [7, 11) is 3.93. The lowest BCUT2D eigenvalue weighted by molar-refractivity contribution is -0.387. The molecule has 0 aliphatic carbocycles. The van der Waals surface area contributed by atoms with Gasteiger partial charge in [-0.15, -0.1) is 11.8 Å². The molecule has 0 aliphatic heterocycles. The summed E-state index contributed by atoms with van der Waals surface area (Å²) in [6.45, 7) is 2.46. The fourth-order valence-corrected chi connectivity index (χ4v) is 2.52. The highest BCUT2D eigenvalue weighted by atomic mass is 32.2. The Bertz CT molecular complexity index is 422. The first-order valence-corrected chi connectivity index (χ1v) is 6.64. The van der Waals surface area contributed by atoms with Gasteiger partial charge in [-0.05, 0) is 32.6 Å². The molecule has 0 radical (unpaired) electrons. The van der Waals surface area contributed by atoms with Gasteiger partial charge in [0.15, 0.2) is 0 Å². The molecular weight excluding hydrogens is 252 g/mol. The van der Waals surface area contributed by atoms with Gasteiger partial charge in [0.1, 0.15) is 0 Å². The Hall–Kier alpha value is -1.11.